The van der Waals surface area contributed by atoms with Crippen molar-refractivity contribution in [2.24, 2.45) is 0 Å². The molecular weight excluding hydrogens is 380 g/mol. The molecular formula is C12H19BrN2O4S2. The average Bonchev–Trinajstić information content (AvgIpc) is 2.34. The second kappa shape index (κ2) is 7.08. The normalized spacial score (nSPS) is 12.4. The van der Waals surface area contributed by atoms with Crippen molar-refractivity contribution in [1.82, 2.24) is 4.72 Å². The fraction of sp³-hybridized carbons (Fsp3) is 0.500. The van der Waals surface area contributed by atoms with Crippen LogP contribution in [0.25, 0.3) is 0 Å². The fourth-order valence-electron chi connectivity index (χ4n) is 1.68. The summed E-state index contributed by atoms with van der Waals surface area (Å²) in [4.78, 5) is 0. The highest BCUT2D eigenvalue weighted by Gasteiger charge is 2.20. The molecule has 9 heteroatoms. The molecule has 120 valence electrons. The minimum atomic E-state index is -3.51. The number of nitrogens with zero attached hydrogens (tertiary/aromatic N) is 1. The van der Waals surface area contributed by atoms with E-state index in [2.05, 4.69) is 20.7 Å². The van der Waals surface area contributed by atoms with E-state index in [0.29, 0.717) is 10.2 Å². The molecule has 6 nitrogen and oxygen atoms in total. The van der Waals surface area contributed by atoms with Gasteiger partial charge in [-0.1, -0.05) is 6.07 Å². The van der Waals surface area contributed by atoms with Gasteiger partial charge in [0.1, 0.15) is 0 Å². The summed E-state index contributed by atoms with van der Waals surface area (Å²) in [5.74, 6) is -0.0416. The molecule has 0 fully saturated rings. The van der Waals surface area contributed by atoms with E-state index in [9.17, 15) is 16.8 Å². The monoisotopic (exact) mass is 398 g/mol. The summed E-state index contributed by atoms with van der Waals surface area (Å²) in [6, 6.07) is 5.30. The first-order chi connectivity index (χ1) is 9.57. The lowest BCUT2D eigenvalue weighted by Crippen LogP contribution is -2.38. The van der Waals surface area contributed by atoms with Crippen LogP contribution in [0.4, 0.5) is 5.69 Å². The maximum Gasteiger partial charge on any atom is 0.232 e. The Morgan fingerprint density at radius 2 is 1.86 bits per heavy atom. The highest BCUT2D eigenvalue weighted by Crippen LogP contribution is 2.28. The molecule has 0 spiro atoms. The van der Waals surface area contributed by atoms with Gasteiger partial charge in [-0.05, 0) is 47.5 Å². The highest BCUT2D eigenvalue weighted by molar-refractivity contribution is 9.10. The van der Waals surface area contributed by atoms with Gasteiger partial charge >= 0.3 is 0 Å². The smallest absolute Gasteiger partial charge is 0.232 e. The highest BCUT2D eigenvalue weighted by atomic mass is 79.9. The van der Waals surface area contributed by atoms with E-state index < -0.39 is 20.0 Å². The Bertz CT molecular complexity index is 702. The van der Waals surface area contributed by atoms with Gasteiger partial charge in [-0.25, -0.2) is 21.6 Å². The van der Waals surface area contributed by atoms with Crippen LogP contribution in [-0.4, -0.2) is 41.9 Å². The molecule has 0 aliphatic heterocycles. The first-order valence-corrected chi connectivity index (χ1v) is 10.6. The molecule has 0 aliphatic rings. The van der Waals surface area contributed by atoms with Gasteiger partial charge in [0.05, 0.1) is 17.7 Å². The molecule has 0 bridgehead atoms. The van der Waals surface area contributed by atoms with E-state index in [1.165, 1.54) is 11.2 Å². The van der Waals surface area contributed by atoms with E-state index in [1.807, 2.05) is 13.0 Å². The molecule has 0 saturated carbocycles. The lowest BCUT2D eigenvalue weighted by Gasteiger charge is -2.24. The van der Waals surface area contributed by atoms with Crippen molar-refractivity contribution in [3.63, 3.8) is 0 Å². The van der Waals surface area contributed by atoms with Gasteiger partial charge in [-0.3, -0.25) is 4.31 Å². The summed E-state index contributed by atoms with van der Waals surface area (Å²) in [6.45, 7) is 3.46. The largest absolute Gasteiger partial charge is 0.268 e. The number of nitrogens with one attached hydrogen (secondary N) is 1. The van der Waals surface area contributed by atoms with Crippen molar-refractivity contribution in [2.75, 3.05) is 29.4 Å². The predicted octanol–water partition coefficient (Wildman–Crippen LogP) is 1.46. The van der Waals surface area contributed by atoms with Crippen LogP contribution in [0.1, 0.15) is 12.5 Å². The second-order valence-electron chi connectivity index (χ2n) is 4.59. The number of aryl methyl sites for hydroxylation is 1. The van der Waals surface area contributed by atoms with Crippen LogP contribution in [0, 0.1) is 6.92 Å². The summed E-state index contributed by atoms with van der Waals surface area (Å²) in [5, 5.41) is 0. The summed E-state index contributed by atoms with van der Waals surface area (Å²) in [6.07, 6.45) is 1.09. The molecule has 21 heavy (non-hydrogen) atoms. The van der Waals surface area contributed by atoms with E-state index >= 15 is 0 Å². The first kappa shape index (κ1) is 18.4. The Hall–Kier alpha value is -0.640. The van der Waals surface area contributed by atoms with E-state index in [-0.39, 0.29) is 18.8 Å². The summed E-state index contributed by atoms with van der Waals surface area (Å²) >= 11 is 3.34. The Morgan fingerprint density at radius 3 is 2.33 bits per heavy atom. The van der Waals surface area contributed by atoms with Crippen LogP contribution in [0.2, 0.25) is 0 Å². The molecule has 1 rings (SSSR count). The van der Waals surface area contributed by atoms with Crippen LogP contribution in [0.15, 0.2) is 22.7 Å². The van der Waals surface area contributed by atoms with Crippen molar-refractivity contribution < 1.29 is 16.8 Å². The Morgan fingerprint density at radius 1 is 1.24 bits per heavy atom. The topological polar surface area (TPSA) is 83.6 Å². The summed E-state index contributed by atoms with van der Waals surface area (Å²) < 4.78 is 50.8. The molecule has 0 heterocycles. The Kier molecular flexibility index (Phi) is 6.21. The average molecular weight is 399 g/mol. The standard InChI is InChI=1S/C12H19BrN2O4S2/c1-4-21(18,19)14-7-8-15(20(3,16)17)12-6-5-10(2)9-11(12)13/h5-6,9,14H,4,7-8H2,1-3H3. The van der Waals surface area contributed by atoms with Crippen LogP contribution in [-0.2, 0) is 20.0 Å². The molecule has 1 aromatic rings. The zero-order chi connectivity index (χ0) is 16.3. The first-order valence-electron chi connectivity index (χ1n) is 6.28. The van der Waals surface area contributed by atoms with Crippen LogP contribution in [0.5, 0.6) is 0 Å². The SMILES string of the molecule is CCS(=O)(=O)NCCN(c1ccc(C)cc1Br)S(C)(=O)=O. The van der Waals surface area contributed by atoms with Crippen LogP contribution >= 0.6 is 15.9 Å². The summed E-state index contributed by atoms with van der Waals surface area (Å²) in [7, 11) is -6.85. The van der Waals surface area contributed by atoms with Gasteiger partial charge < -0.3 is 0 Å². The van der Waals surface area contributed by atoms with Gasteiger partial charge in [0, 0.05) is 17.6 Å². The van der Waals surface area contributed by atoms with Crippen LogP contribution < -0.4 is 9.03 Å². The molecule has 0 aromatic heterocycles. The lowest BCUT2D eigenvalue weighted by molar-refractivity contribution is 0.579. The third-order valence-electron chi connectivity index (χ3n) is 2.79. The number of sulfonamides is 2. The summed E-state index contributed by atoms with van der Waals surface area (Å²) in [5.41, 5.74) is 1.48. The molecule has 1 aromatic carbocycles. The zero-order valence-electron chi connectivity index (χ0n) is 12.1. The zero-order valence-corrected chi connectivity index (χ0v) is 15.3. The van der Waals surface area contributed by atoms with Gasteiger partial charge in [0.2, 0.25) is 20.0 Å². The fourth-order valence-corrected chi connectivity index (χ4v) is 4.05. The van der Waals surface area contributed by atoms with Crippen molar-refractivity contribution in [1.29, 1.82) is 0 Å². The third kappa shape index (κ3) is 5.57. The second-order valence-corrected chi connectivity index (χ2v) is 9.44. The minimum Gasteiger partial charge on any atom is -0.268 e. The van der Waals surface area contributed by atoms with E-state index in [1.54, 1.807) is 12.1 Å². The molecule has 0 aliphatic carbocycles. The van der Waals surface area contributed by atoms with E-state index in [4.69, 9.17) is 0 Å². The number of hydrogen-bond acceptors (Lipinski definition) is 4. The van der Waals surface area contributed by atoms with Gasteiger partial charge in [0.15, 0.2) is 0 Å². The number of halogens is 1. The molecule has 0 atom stereocenters. The van der Waals surface area contributed by atoms with Gasteiger partial charge in [-0.2, -0.15) is 0 Å². The third-order valence-corrected chi connectivity index (χ3v) is 6.01. The van der Waals surface area contributed by atoms with E-state index in [0.717, 1.165) is 11.8 Å². The van der Waals surface area contributed by atoms with Crippen molar-refractivity contribution in [3.05, 3.63) is 28.2 Å². The maximum atomic E-state index is 11.9. The lowest BCUT2D eigenvalue weighted by atomic mass is 10.2. The van der Waals surface area contributed by atoms with Crippen molar-refractivity contribution >= 4 is 41.7 Å². The molecule has 0 unspecified atom stereocenters. The van der Waals surface area contributed by atoms with Gasteiger partial charge in [0.25, 0.3) is 0 Å². The molecule has 0 amide bonds. The minimum absolute atomic E-state index is 0.0174. The van der Waals surface area contributed by atoms with Crippen molar-refractivity contribution in [2.45, 2.75) is 13.8 Å². The quantitative estimate of drug-likeness (QED) is 0.753. The van der Waals surface area contributed by atoms with Crippen molar-refractivity contribution in [3.8, 4) is 0 Å². The number of benzene rings is 1. The predicted molar refractivity (Wildman–Crippen MR) is 88.5 cm³/mol. The van der Waals surface area contributed by atoms with Crippen LogP contribution in [0.3, 0.4) is 0 Å². The molecule has 1 N–H and O–H groups in total. The molecule has 0 saturated heterocycles. The maximum absolute atomic E-state index is 11.9. The molecule has 0 radical (unpaired) electrons. The number of anilines is 1. The Balaban J connectivity index is 2.98. The number of hydrogen-bond donors (Lipinski definition) is 1. The van der Waals surface area contributed by atoms with Gasteiger partial charge in [-0.15, -0.1) is 0 Å². The Labute approximate surface area is 134 Å². The number of rotatable bonds is 7.